The van der Waals surface area contributed by atoms with E-state index in [4.69, 9.17) is 15.0 Å². The minimum absolute atomic E-state index is 0. The fourth-order valence-corrected chi connectivity index (χ4v) is 2.77. The zero-order valence-electron chi connectivity index (χ0n) is 12.9. The summed E-state index contributed by atoms with van der Waals surface area (Å²) in [6.07, 6.45) is 3.70. The molecule has 1 saturated carbocycles. The van der Waals surface area contributed by atoms with Crippen molar-refractivity contribution in [3.8, 4) is 5.75 Å². The number of nitrogens with two attached hydrogens (primary N) is 1. The number of hydrogen-bond acceptors (Lipinski definition) is 5. The lowest BCUT2D eigenvalue weighted by atomic mass is 9.77. The maximum Gasteiger partial charge on any atom is 0.227 e. The molecule has 2 N–H and O–H groups in total. The summed E-state index contributed by atoms with van der Waals surface area (Å²) >= 11 is 0. The quantitative estimate of drug-likeness (QED) is 0.914. The second kappa shape index (κ2) is 6.67. The van der Waals surface area contributed by atoms with Crippen LogP contribution in [0.25, 0.3) is 0 Å². The Kier molecular flexibility index (Phi) is 5.08. The van der Waals surface area contributed by atoms with Crippen molar-refractivity contribution in [3.05, 3.63) is 41.5 Å². The number of hydrogen-bond donors (Lipinski definition) is 1. The van der Waals surface area contributed by atoms with Gasteiger partial charge in [-0.1, -0.05) is 30.3 Å². The standard InChI is InChI=1S/C16H21N3O2.ClH/c1-11(12-6-3-4-7-13(12)20-2)10-14-18-15(19-21-14)16(17)8-5-9-16;/h3-4,6-7,11H,5,8-10,17H2,1-2H3;1H. The van der Waals surface area contributed by atoms with Crippen molar-refractivity contribution in [2.75, 3.05) is 7.11 Å². The molecular weight excluding hydrogens is 302 g/mol. The van der Waals surface area contributed by atoms with Crippen molar-refractivity contribution >= 4 is 12.4 Å². The van der Waals surface area contributed by atoms with Crippen molar-refractivity contribution in [1.29, 1.82) is 0 Å². The Morgan fingerprint density at radius 1 is 1.36 bits per heavy atom. The van der Waals surface area contributed by atoms with Crippen LogP contribution < -0.4 is 10.5 Å². The molecule has 0 amide bonds. The first-order chi connectivity index (χ1) is 10.1. The van der Waals surface area contributed by atoms with Crippen LogP contribution >= 0.6 is 12.4 Å². The van der Waals surface area contributed by atoms with E-state index in [1.165, 1.54) is 0 Å². The summed E-state index contributed by atoms with van der Waals surface area (Å²) < 4.78 is 10.8. The molecule has 0 saturated heterocycles. The van der Waals surface area contributed by atoms with Gasteiger partial charge < -0.3 is 15.0 Å². The molecule has 1 atom stereocenters. The lowest BCUT2D eigenvalue weighted by molar-refractivity contribution is 0.229. The molecule has 120 valence electrons. The highest BCUT2D eigenvalue weighted by Crippen LogP contribution is 2.37. The summed E-state index contributed by atoms with van der Waals surface area (Å²) in [6.45, 7) is 2.13. The van der Waals surface area contributed by atoms with E-state index in [0.717, 1.165) is 30.6 Å². The minimum Gasteiger partial charge on any atom is -0.496 e. The van der Waals surface area contributed by atoms with Crippen LogP contribution in [-0.2, 0) is 12.0 Å². The van der Waals surface area contributed by atoms with Crippen LogP contribution in [0.2, 0.25) is 0 Å². The second-order valence-electron chi connectivity index (χ2n) is 5.87. The first-order valence-electron chi connectivity index (χ1n) is 7.37. The zero-order chi connectivity index (χ0) is 14.9. The highest BCUT2D eigenvalue weighted by atomic mass is 35.5. The number of aromatic nitrogens is 2. The Morgan fingerprint density at radius 3 is 2.73 bits per heavy atom. The molecule has 1 aromatic carbocycles. The van der Waals surface area contributed by atoms with Gasteiger partial charge in [0, 0.05) is 6.42 Å². The first kappa shape index (κ1) is 16.8. The Labute approximate surface area is 136 Å². The number of benzene rings is 1. The van der Waals surface area contributed by atoms with Crippen molar-refractivity contribution < 1.29 is 9.26 Å². The average Bonchev–Trinajstić information content (AvgIpc) is 2.93. The number of ether oxygens (including phenoxy) is 1. The van der Waals surface area contributed by atoms with Gasteiger partial charge in [0.05, 0.1) is 12.6 Å². The van der Waals surface area contributed by atoms with Crippen LogP contribution in [0, 0.1) is 0 Å². The van der Waals surface area contributed by atoms with E-state index in [1.54, 1.807) is 7.11 Å². The molecule has 0 spiro atoms. The monoisotopic (exact) mass is 323 g/mol. The molecule has 0 aliphatic heterocycles. The van der Waals surface area contributed by atoms with Crippen molar-refractivity contribution in [1.82, 2.24) is 10.1 Å². The van der Waals surface area contributed by atoms with E-state index in [2.05, 4.69) is 23.1 Å². The SMILES string of the molecule is COc1ccccc1C(C)Cc1nc(C2(N)CCC2)no1.Cl. The first-order valence-corrected chi connectivity index (χ1v) is 7.37. The molecule has 1 unspecified atom stereocenters. The molecule has 1 heterocycles. The minimum atomic E-state index is -0.366. The van der Waals surface area contributed by atoms with Gasteiger partial charge >= 0.3 is 0 Å². The average molecular weight is 324 g/mol. The Morgan fingerprint density at radius 2 is 2.09 bits per heavy atom. The Hall–Kier alpha value is -1.59. The third-order valence-electron chi connectivity index (χ3n) is 4.31. The van der Waals surface area contributed by atoms with Crippen LogP contribution in [0.4, 0.5) is 0 Å². The van der Waals surface area contributed by atoms with Gasteiger partial charge in [-0.3, -0.25) is 0 Å². The molecule has 22 heavy (non-hydrogen) atoms. The van der Waals surface area contributed by atoms with E-state index in [1.807, 2.05) is 18.2 Å². The van der Waals surface area contributed by atoms with Crippen molar-refractivity contribution in [3.63, 3.8) is 0 Å². The third kappa shape index (κ3) is 3.10. The molecule has 2 aromatic rings. The molecule has 5 nitrogen and oxygen atoms in total. The topological polar surface area (TPSA) is 74.2 Å². The van der Waals surface area contributed by atoms with Gasteiger partial charge in [0.15, 0.2) is 5.82 Å². The van der Waals surface area contributed by atoms with E-state index in [9.17, 15) is 0 Å². The van der Waals surface area contributed by atoms with Gasteiger partial charge in [-0.25, -0.2) is 0 Å². The van der Waals surface area contributed by atoms with Crippen LogP contribution in [0.1, 0.15) is 49.4 Å². The molecular formula is C16H22ClN3O2. The van der Waals surface area contributed by atoms with Gasteiger partial charge in [0.1, 0.15) is 5.75 Å². The lowest BCUT2D eigenvalue weighted by Gasteiger charge is -2.34. The van der Waals surface area contributed by atoms with Crippen LogP contribution in [0.3, 0.4) is 0 Å². The van der Waals surface area contributed by atoms with Gasteiger partial charge in [-0.05, 0) is 36.8 Å². The molecule has 6 heteroatoms. The highest BCUT2D eigenvalue weighted by Gasteiger charge is 2.39. The maximum absolute atomic E-state index is 6.22. The zero-order valence-corrected chi connectivity index (χ0v) is 13.7. The number of rotatable bonds is 5. The molecule has 3 rings (SSSR count). The summed E-state index contributed by atoms with van der Waals surface area (Å²) in [6, 6.07) is 8.01. The molecule has 1 aliphatic rings. The predicted molar refractivity (Wildman–Crippen MR) is 86.4 cm³/mol. The van der Waals surface area contributed by atoms with Gasteiger partial charge in [0.2, 0.25) is 5.89 Å². The fraction of sp³-hybridized carbons (Fsp3) is 0.500. The smallest absolute Gasteiger partial charge is 0.227 e. The van der Waals surface area contributed by atoms with E-state index < -0.39 is 0 Å². The number of halogens is 1. The highest BCUT2D eigenvalue weighted by molar-refractivity contribution is 5.85. The number of para-hydroxylation sites is 1. The summed E-state index contributed by atoms with van der Waals surface area (Å²) in [7, 11) is 1.69. The Balaban J connectivity index is 0.00000176. The van der Waals surface area contributed by atoms with E-state index >= 15 is 0 Å². The van der Waals surface area contributed by atoms with Gasteiger partial charge in [-0.15, -0.1) is 12.4 Å². The van der Waals surface area contributed by atoms with Crippen LogP contribution in [-0.4, -0.2) is 17.3 Å². The normalized spacial score (nSPS) is 17.2. The maximum atomic E-state index is 6.22. The molecule has 1 aromatic heterocycles. The largest absolute Gasteiger partial charge is 0.496 e. The molecule has 1 fully saturated rings. The van der Waals surface area contributed by atoms with Crippen LogP contribution in [0.15, 0.2) is 28.8 Å². The predicted octanol–water partition coefficient (Wildman–Crippen LogP) is 3.18. The number of methoxy groups -OCH3 is 1. The van der Waals surface area contributed by atoms with E-state index in [-0.39, 0.29) is 23.9 Å². The molecule has 1 aliphatic carbocycles. The van der Waals surface area contributed by atoms with Crippen molar-refractivity contribution in [2.24, 2.45) is 5.73 Å². The molecule has 0 radical (unpaired) electrons. The summed E-state index contributed by atoms with van der Waals surface area (Å²) in [5.74, 6) is 2.42. The second-order valence-corrected chi connectivity index (χ2v) is 5.87. The van der Waals surface area contributed by atoms with Crippen molar-refractivity contribution in [2.45, 2.75) is 44.1 Å². The Bertz CT molecular complexity index is 625. The molecule has 0 bridgehead atoms. The van der Waals surface area contributed by atoms with Crippen LogP contribution in [0.5, 0.6) is 5.75 Å². The van der Waals surface area contributed by atoms with E-state index in [0.29, 0.717) is 18.1 Å². The lowest BCUT2D eigenvalue weighted by Crippen LogP contribution is -2.44. The number of nitrogens with zero attached hydrogens (tertiary/aromatic N) is 2. The summed E-state index contributed by atoms with van der Waals surface area (Å²) in [5, 5.41) is 4.06. The summed E-state index contributed by atoms with van der Waals surface area (Å²) in [5.41, 5.74) is 7.00. The van der Waals surface area contributed by atoms with Gasteiger partial charge in [-0.2, -0.15) is 4.98 Å². The fourth-order valence-electron chi connectivity index (χ4n) is 2.77. The summed E-state index contributed by atoms with van der Waals surface area (Å²) in [4.78, 5) is 4.48. The third-order valence-corrected chi connectivity index (χ3v) is 4.31. The van der Waals surface area contributed by atoms with Gasteiger partial charge in [0.25, 0.3) is 0 Å².